The summed E-state index contributed by atoms with van der Waals surface area (Å²) in [6.45, 7) is -0.244. The topological polar surface area (TPSA) is 69.7 Å². The Morgan fingerprint density at radius 3 is 2.68 bits per heavy atom. The van der Waals surface area contributed by atoms with E-state index in [1.807, 2.05) is 24.3 Å². The van der Waals surface area contributed by atoms with Gasteiger partial charge in [0.05, 0.1) is 17.4 Å². The maximum atomic E-state index is 12.5. The number of nitrogens with zero attached hydrogens (tertiary/aromatic N) is 1. The highest BCUT2D eigenvalue weighted by atomic mass is 79.9. The Morgan fingerprint density at radius 2 is 2.00 bits per heavy atom. The molecule has 0 bridgehead atoms. The number of thiocarbonyl (C=S) groups is 1. The molecule has 144 valence electrons. The summed E-state index contributed by atoms with van der Waals surface area (Å²) < 4.78 is 6.89. The third-order valence-corrected chi connectivity index (χ3v) is 5.85. The molecule has 0 saturated carbocycles. The molecule has 0 spiro atoms. The number of benzene rings is 2. The maximum absolute atomic E-state index is 12.5. The molecule has 5 nitrogen and oxygen atoms in total. The van der Waals surface area contributed by atoms with E-state index in [0.29, 0.717) is 27.8 Å². The van der Waals surface area contributed by atoms with E-state index in [1.54, 1.807) is 24.3 Å². The largest absolute Gasteiger partial charge is 0.548 e. The first-order chi connectivity index (χ1) is 13.3. The number of carboxylic acid groups (broad SMARTS) is 1. The first-order valence-electron chi connectivity index (χ1n) is 7.95. The lowest BCUT2D eigenvalue weighted by molar-refractivity contribution is -0.305. The van der Waals surface area contributed by atoms with Crippen LogP contribution in [0.1, 0.15) is 11.1 Å². The van der Waals surface area contributed by atoms with Crippen molar-refractivity contribution in [3.05, 3.63) is 68.0 Å². The van der Waals surface area contributed by atoms with E-state index < -0.39 is 18.4 Å². The highest BCUT2D eigenvalue weighted by Gasteiger charge is 2.32. The summed E-state index contributed by atoms with van der Waals surface area (Å²) in [4.78, 5) is 24.6. The van der Waals surface area contributed by atoms with Gasteiger partial charge in [-0.2, -0.15) is 0 Å². The first kappa shape index (κ1) is 20.9. The Balaban J connectivity index is 1.83. The predicted octanol–water partition coefficient (Wildman–Crippen LogP) is 3.63. The number of thioether (sulfide) groups is 1. The van der Waals surface area contributed by atoms with Crippen molar-refractivity contribution in [1.82, 2.24) is 4.90 Å². The standard InChI is InChI=1S/C19H13BrClNO4S2/c20-13-3-6-15(26-10-11-1-4-14(21)5-2-11)12(7-13)8-16-18(25)22(9-17(23)24)19(27)28-16/h1-8H,9-10H2,(H,23,24)/p-1/b16-8-. The second kappa shape index (κ2) is 9.09. The molecule has 0 atom stereocenters. The summed E-state index contributed by atoms with van der Waals surface area (Å²) >= 11 is 15.4. The van der Waals surface area contributed by atoms with Gasteiger partial charge >= 0.3 is 0 Å². The molecular weight excluding hydrogens is 486 g/mol. The number of halogens is 2. The molecule has 1 aliphatic rings. The number of carbonyl (C=O) groups excluding carboxylic acids is 2. The lowest BCUT2D eigenvalue weighted by atomic mass is 10.1. The smallest absolute Gasteiger partial charge is 0.266 e. The molecule has 1 fully saturated rings. The Bertz CT molecular complexity index is 978. The minimum Gasteiger partial charge on any atom is -0.548 e. The Morgan fingerprint density at radius 1 is 1.29 bits per heavy atom. The molecule has 1 saturated heterocycles. The zero-order valence-corrected chi connectivity index (χ0v) is 18.2. The van der Waals surface area contributed by atoms with Gasteiger partial charge in [-0.1, -0.05) is 63.6 Å². The maximum Gasteiger partial charge on any atom is 0.266 e. The molecule has 2 aromatic rings. The molecule has 1 amide bonds. The van der Waals surface area contributed by atoms with Crippen LogP contribution in [0.25, 0.3) is 6.08 Å². The summed E-state index contributed by atoms with van der Waals surface area (Å²) in [6.07, 6.45) is 1.64. The fourth-order valence-electron chi connectivity index (χ4n) is 2.41. The van der Waals surface area contributed by atoms with E-state index >= 15 is 0 Å². The van der Waals surface area contributed by atoms with E-state index in [9.17, 15) is 14.7 Å². The zero-order chi connectivity index (χ0) is 20.3. The monoisotopic (exact) mass is 496 g/mol. The number of hydrogen-bond acceptors (Lipinski definition) is 6. The number of carbonyl (C=O) groups is 2. The molecule has 0 N–H and O–H groups in total. The Labute approximate surface area is 184 Å². The molecule has 2 aromatic carbocycles. The lowest BCUT2D eigenvalue weighted by Gasteiger charge is -2.14. The highest BCUT2D eigenvalue weighted by Crippen LogP contribution is 2.35. The van der Waals surface area contributed by atoms with Crippen LogP contribution in [0.2, 0.25) is 5.02 Å². The molecule has 0 aliphatic carbocycles. The predicted molar refractivity (Wildman–Crippen MR) is 115 cm³/mol. The summed E-state index contributed by atoms with van der Waals surface area (Å²) in [7, 11) is 0. The SMILES string of the molecule is O=C([O-])CN1C(=O)/C(=C/c2cc(Br)ccc2OCc2ccc(Cl)cc2)SC1=S. The minimum absolute atomic E-state index is 0.180. The zero-order valence-electron chi connectivity index (χ0n) is 14.2. The molecule has 3 rings (SSSR count). The van der Waals surface area contributed by atoms with E-state index in [4.69, 9.17) is 28.6 Å². The number of carboxylic acids is 1. The van der Waals surface area contributed by atoms with Crippen molar-refractivity contribution in [1.29, 1.82) is 0 Å². The number of aliphatic carboxylic acids is 1. The van der Waals surface area contributed by atoms with Crippen LogP contribution in [0.5, 0.6) is 5.75 Å². The van der Waals surface area contributed by atoms with Crippen LogP contribution in [0, 0.1) is 0 Å². The Kier molecular flexibility index (Phi) is 6.77. The lowest BCUT2D eigenvalue weighted by Crippen LogP contribution is -2.40. The van der Waals surface area contributed by atoms with Crippen molar-refractivity contribution >= 4 is 73.8 Å². The molecule has 28 heavy (non-hydrogen) atoms. The summed E-state index contributed by atoms with van der Waals surface area (Å²) in [5.74, 6) is -1.27. The number of ether oxygens (including phenoxy) is 1. The van der Waals surface area contributed by atoms with Gasteiger partial charge in [-0.15, -0.1) is 0 Å². The van der Waals surface area contributed by atoms with Gasteiger partial charge in [0.25, 0.3) is 5.91 Å². The summed E-state index contributed by atoms with van der Waals surface area (Å²) in [5, 5.41) is 11.5. The van der Waals surface area contributed by atoms with Crippen LogP contribution >= 0.6 is 51.5 Å². The van der Waals surface area contributed by atoms with Gasteiger partial charge in [0.15, 0.2) is 0 Å². The van der Waals surface area contributed by atoms with Gasteiger partial charge in [0, 0.05) is 15.1 Å². The number of rotatable bonds is 6. The third-order valence-electron chi connectivity index (χ3n) is 3.73. The van der Waals surface area contributed by atoms with E-state index in [1.165, 1.54) is 0 Å². The van der Waals surface area contributed by atoms with Crippen LogP contribution in [0.3, 0.4) is 0 Å². The molecule has 0 radical (unpaired) electrons. The molecule has 0 aromatic heterocycles. The molecule has 1 aliphatic heterocycles. The molecular formula is C19H12BrClNO4S2-. The minimum atomic E-state index is -1.37. The van der Waals surface area contributed by atoms with Crippen molar-refractivity contribution in [3.8, 4) is 5.75 Å². The van der Waals surface area contributed by atoms with Crippen LogP contribution in [0.4, 0.5) is 0 Å². The van der Waals surface area contributed by atoms with Crippen molar-refractivity contribution in [3.63, 3.8) is 0 Å². The average Bonchev–Trinajstić information content (AvgIpc) is 2.89. The number of amides is 1. The van der Waals surface area contributed by atoms with Gasteiger partial charge in [-0.25, -0.2) is 0 Å². The van der Waals surface area contributed by atoms with Gasteiger partial charge in [0.2, 0.25) is 0 Å². The first-order valence-corrected chi connectivity index (χ1v) is 10.3. The van der Waals surface area contributed by atoms with Gasteiger partial charge in [0.1, 0.15) is 16.7 Å². The van der Waals surface area contributed by atoms with Crippen molar-refractivity contribution < 1.29 is 19.4 Å². The highest BCUT2D eigenvalue weighted by molar-refractivity contribution is 9.10. The van der Waals surface area contributed by atoms with Crippen LogP contribution < -0.4 is 9.84 Å². The Hall–Kier alpha value is -1.87. The van der Waals surface area contributed by atoms with E-state index in [2.05, 4.69) is 15.9 Å². The fourth-order valence-corrected chi connectivity index (χ4v) is 4.16. The van der Waals surface area contributed by atoms with E-state index in [-0.39, 0.29) is 4.32 Å². The van der Waals surface area contributed by atoms with Gasteiger partial charge in [-0.05, 0) is 42.0 Å². The van der Waals surface area contributed by atoms with Gasteiger partial charge < -0.3 is 14.6 Å². The van der Waals surface area contributed by atoms with Crippen molar-refractivity contribution in [2.75, 3.05) is 6.54 Å². The third kappa shape index (κ3) is 5.14. The normalized spacial score (nSPS) is 15.4. The quantitative estimate of drug-likeness (QED) is 0.448. The second-order valence-electron chi connectivity index (χ2n) is 5.74. The van der Waals surface area contributed by atoms with Crippen molar-refractivity contribution in [2.24, 2.45) is 0 Å². The van der Waals surface area contributed by atoms with Crippen molar-refractivity contribution in [2.45, 2.75) is 6.61 Å². The fraction of sp³-hybridized carbons (Fsp3) is 0.105. The number of hydrogen-bond donors (Lipinski definition) is 0. The average molecular weight is 498 g/mol. The molecule has 0 unspecified atom stereocenters. The van der Waals surface area contributed by atoms with Crippen LogP contribution in [-0.4, -0.2) is 27.6 Å². The van der Waals surface area contributed by atoms with E-state index in [0.717, 1.165) is 26.7 Å². The van der Waals surface area contributed by atoms with Gasteiger partial charge in [-0.3, -0.25) is 9.69 Å². The van der Waals surface area contributed by atoms with Crippen LogP contribution in [-0.2, 0) is 16.2 Å². The molecule has 1 heterocycles. The van der Waals surface area contributed by atoms with Crippen LogP contribution in [0.15, 0.2) is 51.8 Å². The molecule has 9 heteroatoms. The summed E-state index contributed by atoms with van der Waals surface area (Å²) in [5.41, 5.74) is 1.61. The summed E-state index contributed by atoms with van der Waals surface area (Å²) in [6, 6.07) is 12.7. The second-order valence-corrected chi connectivity index (χ2v) is 8.77.